The average molecular weight is 491 g/mol. The number of aromatic nitrogens is 2. The molecule has 2 aliphatic rings. The molecule has 3 N–H and O–H groups in total. The second kappa shape index (κ2) is 8.30. The van der Waals surface area contributed by atoms with Crippen LogP contribution in [-0.2, 0) is 23.2 Å². The van der Waals surface area contributed by atoms with Crippen LogP contribution in [0.4, 0.5) is 13.2 Å². The van der Waals surface area contributed by atoms with E-state index < -0.39 is 47.4 Å². The number of fused-ring (bicyclic) bond motifs is 2. The van der Waals surface area contributed by atoms with E-state index in [9.17, 15) is 28.5 Å². The number of halogens is 3. The number of aliphatic hydroxyl groups is 3. The van der Waals surface area contributed by atoms with Gasteiger partial charge in [-0.2, -0.15) is 0 Å². The molecule has 6 nitrogen and oxygen atoms in total. The molecular weight excluding hydrogens is 461 g/mol. The summed E-state index contributed by atoms with van der Waals surface area (Å²) in [6, 6.07) is 4.65. The maximum absolute atomic E-state index is 14.9. The number of rotatable bonds is 4. The van der Waals surface area contributed by atoms with Crippen LogP contribution in [-0.4, -0.2) is 42.7 Å². The van der Waals surface area contributed by atoms with Gasteiger partial charge in [-0.05, 0) is 86.9 Å². The first-order chi connectivity index (χ1) is 16.5. The zero-order valence-corrected chi connectivity index (χ0v) is 19.8. The Morgan fingerprint density at radius 1 is 1.23 bits per heavy atom. The van der Waals surface area contributed by atoms with Crippen LogP contribution in [0, 0.1) is 12.7 Å². The predicted molar refractivity (Wildman–Crippen MR) is 123 cm³/mol. The van der Waals surface area contributed by atoms with Gasteiger partial charge in [0.1, 0.15) is 34.9 Å². The van der Waals surface area contributed by atoms with Gasteiger partial charge in [0.2, 0.25) is 0 Å². The highest BCUT2D eigenvalue weighted by molar-refractivity contribution is 5.79. The maximum Gasteiger partial charge on any atom is 0.266 e. The molecule has 0 bridgehead atoms. The predicted octanol–water partition coefficient (Wildman–Crippen LogP) is 4.22. The van der Waals surface area contributed by atoms with Gasteiger partial charge in [-0.25, -0.2) is 18.2 Å². The molecular formula is C26H29F3N2O4. The normalized spacial score (nSPS) is 28.5. The van der Waals surface area contributed by atoms with Gasteiger partial charge in [0, 0.05) is 17.8 Å². The van der Waals surface area contributed by atoms with E-state index in [1.54, 1.807) is 17.0 Å². The number of alkyl halides is 2. The summed E-state index contributed by atoms with van der Waals surface area (Å²) >= 11 is 0. The van der Waals surface area contributed by atoms with Crippen LogP contribution in [0.2, 0.25) is 0 Å². The molecule has 0 unspecified atom stereocenters. The molecule has 3 aromatic rings. The third kappa shape index (κ3) is 3.59. The summed E-state index contributed by atoms with van der Waals surface area (Å²) in [5.41, 5.74) is -2.53. The minimum atomic E-state index is -3.07. The third-order valence-electron chi connectivity index (χ3n) is 7.68. The molecule has 1 aliphatic carbocycles. The number of aliphatic hydroxyl groups excluding tert-OH is 1. The summed E-state index contributed by atoms with van der Waals surface area (Å²) in [6.07, 6.45) is -1.66. The number of ether oxygens (including phenoxy) is 1. The van der Waals surface area contributed by atoms with Crippen molar-refractivity contribution in [1.29, 1.82) is 0 Å². The summed E-state index contributed by atoms with van der Waals surface area (Å²) < 4.78 is 50.1. The average Bonchev–Trinajstić information content (AvgIpc) is 3.33. The number of nitrogens with zero attached hydrogens (tertiary/aromatic N) is 2. The van der Waals surface area contributed by atoms with Crippen molar-refractivity contribution in [2.24, 2.45) is 0 Å². The van der Waals surface area contributed by atoms with E-state index in [4.69, 9.17) is 4.74 Å². The standard InChI is InChI=1S/C26H29F3N2O4/c1-13-8-10-30-22-14(13)9-11-31(22)23-20(32)26(3,34)24(35-23)25(2,33)18-12-17(21(28)29)19(27)16-7-5-4-6-15(16)18/h8-12,20-21,23-24,32-34H,4-7H2,1-3H3/t20-,23+,24+,25+,26-/m0/s1. The zero-order chi connectivity index (χ0) is 25.3. The van der Waals surface area contributed by atoms with Crippen LogP contribution in [0.25, 0.3) is 11.0 Å². The number of pyridine rings is 1. The fourth-order valence-electron chi connectivity index (χ4n) is 5.79. The van der Waals surface area contributed by atoms with Gasteiger partial charge >= 0.3 is 0 Å². The second-order valence-corrected chi connectivity index (χ2v) is 10.1. The van der Waals surface area contributed by atoms with Crippen molar-refractivity contribution in [2.75, 3.05) is 0 Å². The molecule has 5 rings (SSSR count). The smallest absolute Gasteiger partial charge is 0.266 e. The molecule has 1 aliphatic heterocycles. The third-order valence-corrected chi connectivity index (χ3v) is 7.68. The molecule has 35 heavy (non-hydrogen) atoms. The highest BCUT2D eigenvalue weighted by atomic mass is 19.3. The van der Waals surface area contributed by atoms with E-state index in [1.165, 1.54) is 13.8 Å². The molecule has 0 saturated carbocycles. The summed E-state index contributed by atoms with van der Waals surface area (Å²) in [4.78, 5) is 4.38. The Morgan fingerprint density at radius 2 is 1.91 bits per heavy atom. The Kier molecular flexibility index (Phi) is 5.75. The molecule has 1 fully saturated rings. The Labute approximate surface area is 201 Å². The van der Waals surface area contributed by atoms with Crippen LogP contribution in [0.5, 0.6) is 0 Å². The lowest BCUT2D eigenvalue weighted by Gasteiger charge is -2.39. The fourth-order valence-corrected chi connectivity index (χ4v) is 5.79. The van der Waals surface area contributed by atoms with Crippen molar-refractivity contribution in [3.8, 4) is 0 Å². The van der Waals surface area contributed by atoms with Gasteiger partial charge < -0.3 is 24.6 Å². The van der Waals surface area contributed by atoms with E-state index in [0.717, 1.165) is 23.4 Å². The van der Waals surface area contributed by atoms with E-state index in [2.05, 4.69) is 4.98 Å². The first-order valence-electron chi connectivity index (χ1n) is 11.8. The minimum Gasteiger partial charge on any atom is -0.385 e. The Hall–Kier alpha value is -2.46. The molecule has 0 spiro atoms. The van der Waals surface area contributed by atoms with E-state index in [-0.39, 0.29) is 11.1 Å². The van der Waals surface area contributed by atoms with Crippen molar-refractivity contribution in [2.45, 2.75) is 82.5 Å². The highest BCUT2D eigenvalue weighted by Crippen LogP contribution is 2.48. The number of aryl methyl sites for hydroxylation is 1. The molecule has 1 saturated heterocycles. The van der Waals surface area contributed by atoms with Gasteiger partial charge in [-0.3, -0.25) is 0 Å². The molecule has 1 aromatic carbocycles. The lowest BCUT2D eigenvalue weighted by Crippen LogP contribution is -2.54. The Bertz CT molecular complexity index is 1290. The monoisotopic (exact) mass is 490 g/mol. The zero-order valence-electron chi connectivity index (χ0n) is 19.8. The number of benzene rings is 1. The van der Waals surface area contributed by atoms with E-state index >= 15 is 0 Å². The summed E-state index contributed by atoms with van der Waals surface area (Å²) in [5.74, 6) is -0.938. The first kappa shape index (κ1) is 24.2. The van der Waals surface area contributed by atoms with Crippen LogP contribution < -0.4 is 0 Å². The highest BCUT2D eigenvalue weighted by Gasteiger charge is 2.60. The van der Waals surface area contributed by atoms with Crippen LogP contribution in [0.1, 0.15) is 67.2 Å². The van der Waals surface area contributed by atoms with Crippen LogP contribution in [0.15, 0.2) is 30.6 Å². The van der Waals surface area contributed by atoms with Gasteiger partial charge in [-0.15, -0.1) is 0 Å². The van der Waals surface area contributed by atoms with Gasteiger partial charge in [0.05, 0.1) is 5.56 Å². The van der Waals surface area contributed by atoms with Gasteiger partial charge in [0.25, 0.3) is 6.43 Å². The maximum atomic E-state index is 14.9. The molecule has 0 amide bonds. The van der Waals surface area contributed by atoms with Gasteiger partial charge in [0.15, 0.2) is 6.23 Å². The fraction of sp³-hybridized carbons (Fsp3) is 0.500. The quantitative estimate of drug-likeness (QED) is 0.510. The summed E-state index contributed by atoms with van der Waals surface area (Å²) in [7, 11) is 0. The first-order valence-corrected chi connectivity index (χ1v) is 11.8. The summed E-state index contributed by atoms with van der Waals surface area (Å²) in [6.45, 7) is 4.61. The van der Waals surface area contributed by atoms with Crippen molar-refractivity contribution in [3.05, 3.63) is 64.2 Å². The van der Waals surface area contributed by atoms with Crippen LogP contribution in [0.3, 0.4) is 0 Å². The molecule has 3 heterocycles. The van der Waals surface area contributed by atoms with Crippen molar-refractivity contribution >= 4 is 11.0 Å². The SMILES string of the molecule is Cc1ccnc2c1ccn2[C@@H]1O[C@H]([C@](C)(O)c2cc(C(F)F)c(F)c3c2CCCC3)[C@@](C)(O)[C@H]1O. The molecule has 2 aromatic heterocycles. The molecule has 5 atom stereocenters. The largest absolute Gasteiger partial charge is 0.385 e. The lowest BCUT2D eigenvalue weighted by molar-refractivity contribution is -0.162. The van der Waals surface area contributed by atoms with Crippen LogP contribution >= 0.6 is 0 Å². The second-order valence-electron chi connectivity index (χ2n) is 10.1. The lowest BCUT2D eigenvalue weighted by atomic mass is 9.74. The summed E-state index contributed by atoms with van der Waals surface area (Å²) in [5, 5.41) is 35.1. The van der Waals surface area contributed by atoms with Crippen molar-refractivity contribution in [3.63, 3.8) is 0 Å². The Balaban J connectivity index is 1.61. The van der Waals surface area contributed by atoms with E-state index in [0.29, 0.717) is 30.5 Å². The van der Waals surface area contributed by atoms with Gasteiger partial charge in [-0.1, -0.05) is 0 Å². The molecule has 0 radical (unpaired) electrons. The molecule has 188 valence electrons. The van der Waals surface area contributed by atoms with Crippen molar-refractivity contribution in [1.82, 2.24) is 9.55 Å². The number of hydrogen-bond donors (Lipinski definition) is 3. The number of hydrogen-bond acceptors (Lipinski definition) is 5. The topological polar surface area (TPSA) is 87.7 Å². The minimum absolute atomic E-state index is 0.0911. The van der Waals surface area contributed by atoms with E-state index in [1.807, 2.05) is 19.1 Å². The van der Waals surface area contributed by atoms with Crippen molar-refractivity contribution < 1.29 is 33.2 Å². The Morgan fingerprint density at radius 3 is 2.60 bits per heavy atom. The molecule has 9 heteroatoms.